The first-order valence-electron chi connectivity index (χ1n) is 3.75. The molecule has 0 aromatic carbocycles. The predicted molar refractivity (Wildman–Crippen MR) is 50.5 cm³/mol. The van der Waals surface area contributed by atoms with Crippen molar-refractivity contribution in [2.75, 3.05) is 0 Å². The van der Waals surface area contributed by atoms with Crippen LogP contribution in [-0.4, -0.2) is 0 Å². The maximum absolute atomic E-state index is 5.86. The average molecular weight is 169 g/mol. The van der Waals surface area contributed by atoms with Crippen LogP contribution in [0, 0.1) is 11.3 Å². The average Bonchev–Trinajstić information content (AvgIpc) is 1.85. The Morgan fingerprint density at radius 3 is 2.73 bits per heavy atom. The molecule has 0 aromatic heterocycles. The molecule has 0 spiro atoms. The minimum atomic E-state index is 0.119. The van der Waals surface area contributed by atoms with E-state index in [9.17, 15) is 0 Å². The molecule has 0 fully saturated rings. The van der Waals surface area contributed by atoms with Gasteiger partial charge in [0.25, 0.3) is 0 Å². The molecule has 0 bridgehead atoms. The van der Waals surface area contributed by atoms with E-state index in [-0.39, 0.29) is 5.41 Å². The lowest BCUT2D eigenvalue weighted by Crippen LogP contribution is -2.20. The van der Waals surface area contributed by atoms with Gasteiger partial charge in [-0.15, -0.1) is 6.58 Å². The lowest BCUT2D eigenvalue weighted by Gasteiger charge is -2.29. The van der Waals surface area contributed by atoms with Crippen LogP contribution in [0.15, 0.2) is 35.9 Å². The molecule has 0 saturated carbocycles. The molecule has 1 aliphatic carbocycles. The van der Waals surface area contributed by atoms with Crippen LogP contribution < -0.4 is 0 Å². The van der Waals surface area contributed by atoms with E-state index in [0.29, 0.717) is 5.92 Å². The molecule has 1 unspecified atom stereocenters. The van der Waals surface area contributed by atoms with E-state index in [4.69, 9.17) is 11.6 Å². The van der Waals surface area contributed by atoms with Gasteiger partial charge in [0.2, 0.25) is 0 Å². The van der Waals surface area contributed by atoms with Crippen LogP contribution in [0.3, 0.4) is 0 Å². The number of halogens is 1. The summed E-state index contributed by atoms with van der Waals surface area (Å²) >= 11 is 5.86. The van der Waals surface area contributed by atoms with E-state index >= 15 is 0 Å². The van der Waals surface area contributed by atoms with E-state index in [1.807, 2.05) is 12.2 Å². The summed E-state index contributed by atoms with van der Waals surface area (Å²) in [6.45, 7) is 8.10. The Hall–Kier alpha value is -0.490. The third-order valence-electron chi connectivity index (χ3n) is 2.09. The first-order chi connectivity index (χ1) is 5.06. The van der Waals surface area contributed by atoms with Crippen molar-refractivity contribution < 1.29 is 0 Å². The van der Waals surface area contributed by atoms with Gasteiger partial charge in [0, 0.05) is 11.0 Å². The molecule has 1 aliphatic rings. The fraction of sp³-hybridized carbons (Fsp3) is 0.400. The lowest BCUT2D eigenvalue weighted by atomic mass is 9.76. The van der Waals surface area contributed by atoms with Gasteiger partial charge >= 0.3 is 0 Å². The molecular weight excluding hydrogens is 156 g/mol. The maximum atomic E-state index is 5.86. The van der Waals surface area contributed by atoms with Crippen LogP contribution in [0.25, 0.3) is 0 Å². The summed E-state index contributed by atoms with van der Waals surface area (Å²) in [6, 6.07) is 0. The summed E-state index contributed by atoms with van der Waals surface area (Å²) in [7, 11) is 0. The molecule has 0 aliphatic heterocycles. The topological polar surface area (TPSA) is 0 Å². The summed E-state index contributed by atoms with van der Waals surface area (Å²) in [4.78, 5) is 0. The zero-order chi connectivity index (χ0) is 8.48. The van der Waals surface area contributed by atoms with Crippen molar-refractivity contribution >= 4 is 11.6 Å². The molecular formula is C10H13Cl. The molecule has 11 heavy (non-hydrogen) atoms. The molecule has 0 heterocycles. The number of hydrogen-bond donors (Lipinski definition) is 0. The van der Waals surface area contributed by atoms with E-state index in [2.05, 4.69) is 32.6 Å². The Kier molecular flexibility index (Phi) is 2.24. The molecule has 0 N–H and O–H groups in total. The fourth-order valence-corrected chi connectivity index (χ4v) is 1.68. The first-order valence-corrected chi connectivity index (χ1v) is 4.13. The lowest BCUT2D eigenvalue weighted by molar-refractivity contribution is 0.397. The highest BCUT2D eigenvalue weighted by atomic mass is 35.5. The number of rotatable bonds is 1. The highest BCUT2D eigenvalue weighted by Gasteiger charge is 2.25. The standard InChI is InChI=1S/C10H13Cl/c1-4-8-5-6-9(11)7-10(8,2)3/h4-8H,1H2,2-3H3. The quantitative estimate of drug-likeness (QED) is 0.526. The smallest absolute Gasteiger partial charge is 0.0368 e. The molecule has 0 saturated heterocycles. The fourth-order valence-electron chi connectivity index (χ4n) is 1.33. The van der Waals surface area contributed by atoms with E-state index in [0.717, 1.165) is 5.03 Å². The van der Waals surface area contributed by atoms with Crippen molar-refractivity contribution in [2.45, 2.75) is 13.8 Å². The van der Waals surface area contributed by atoms with Crippen LogP contribution in [0.1, 0.15) is 13.8 Å². The predicted octanol–water partition coefficient (Wildman–Crippen LogP) is 3.51. The summed E-state index contributed by atoms with van der Waals surface area (Å²) in [5.41, 5.74) is 0.119. The first kappa shape index (κ1) is 8.61. The highest BCUT2D eigenvalue weighted by Crippen LogP contribution is 2.36. The Labute approximate surface area is 73.3 Å². The molecule has 1 heteroatoms. The van der Waals surface area contributed by atoms with E-state index in [1.165, 1.54) is 0 Å². The van der Waals surface area contributed by atoms with Gasteiger partial charge in [-0.3, -0.25) is 0 Å². The van der Waals surface area contributed by atoms with Gasteiger partial charge in [-0.05, 0) is 11.5 Å². The van der Waals surface area contributed by atoms with Gasteiger partial charge in [-0.2, -0.15) is 0 Å². The van der Waals surface area contributed by atoms with Crippen molar-refractivity contribution in [2.24, 2.45) is 11.3 Å². The van der Waals surface area contributed by atoms with Crippen molar-refractivity contribution in [1.82, 2.24) is 0 Å². The normalized spacial score (nSPS) is 27.9. The molecule has 0 aromatic rings. The van der Waals surface area contributed by atoms with Gasteiger partial charge in [0.1, 0.15) is 0 Å². The molecule has 60 valence electrons. The van der Waals surface area contributed by atoms with Gasteiger partial charge in [0.15, 0.2) is 0 Å². The van der Waals surface area contributed by atoms with Crippen LogP contribution in [0.4, 0.5) is 0 Å². The van der Waals surface area contributed by atoms with Crippen molar-refractivity contribution in [3.05, 3.63) is 35.9 Å². The van der Waals surface area contributed by atoms with Crippen LogP contribution in [0.2, 0.25) is 0 Å². The Morgan fingerprint density at radius 1 is 1.64 bits per heavy atom. The zero-order valence-electron chi connectivity index (χ0n) is 6.97. The monoisotopic (exact) mass is 168 g/mol. The Balaban J connectivity index is 2.92. The van der Waals surface area contributed by atoms with Gasteiger partial charge in [-0.25, -0.2) is 0 Å². The SMILES string of the molecule is C=CC1C=CC(Cl)=CC1(C)C. The molecule has 0 nitrogen and oxygen atoms in total. The molecule has 0 radical (unpaired) electrons. The van der Waals surface area contributed by atoms with Crippen LogP contribution in [0.5, 0.6) is 0 Å². The molecule has 0 amide bonds. The third kappa shape index (κ3) is 1.75. The van der Waals surface area contributed by atoms with Gasteiger partial charge in [-0.1, -0.05) is 43.7 Å². The van der Waals surface area contributed by atoms with E-state index in [1.54, 1.807) is 0 Å². The maximum Gasteiger partial charge on any atom is 0.0368 e. The number of allylic oxidation sites excluding steroid dienone is 5. The van der Waals surface area contributed by atoms with Crippen LogP contribution >= 0.6 is 11.6 Å². The summed E-state index contributed by atoms with van der Waals surface area (Å²) < 4.78 is 0. The Morgan fingerprint density at radius 2 is 2.27 bits per heavy atom. The second-order valence-electron chi connectivity index (χ2n) is 3.47. The zero-order valence-corrected chi connectivity index (χ0v) is 7.73. The third-order valence-corrected chi connectivity index (χ3v) is 2.32. The highest BCUT2D eigenvalue weighted by molar-refractivity contribution is 6.31. The van der Waals surface area contributed by atoms with Gasteiger partial charge < -0.3 is 0 Å². The summed E-state index contributed by atoms with van der Waals surface area (Å²) in [5, 5.41) is 0.827. The van der Waals surface area contributed by atoms with Crippen molar-refractivity contribution in [3.63, 3.8) is 0 Å². The van der Waals surface area contributed by atoms with E-state index < -0.39 is 0 Å². The second-order valence-corrected chi connectivity index (χ2v) is 3.91. The minimum absolute atomic E-state index is 0.119. The van der Waals surface area contributed by atoms with Crippen molar-refractivity contribution in [3.8, 4) is 0 Å². The largest absolute Gasteiger partial charge is 0.102 e. The minimum Gasteiger partial charge on any atom is -0.102 e. The van der Waals surface area contributed by atoms with Crippen LogP contribution in [-0.2, 0) is 0 Å². The molecule has 1 atom stereocenters. The second kappa shape index (κ2) is 2.86. The summed E-state index contributed by atoms with van der Waals surface area (Å²) in [5.74, 6) is 0.407. The molecule has 1 rings (SSSR count). The number of hydrogen-bond acceptors (Lipinski definition) is 0. The Bertz CT molecular complexity index is 221. The van der Waals surface area contributed by atoms with Crippen molar-refractivity contribution in [1.29, 1.82) is 0 Å². The van der Waals surface area contributed by atoms with Gasteiger partial charge in [0.05, 0.1) is 0 Å². The summed E-state index contributed by atoms with van der Waals surface area (Å²) in [6.07, 6.45) is 8.05.